The van der Waals surface area contributed by atoms with Crippen LogP contribution in [0.5, 0.6) is 0 Å². The van der Waals surface area contributed by atoms with Gasteiger partial charge in [-0.2, -0.15) is 4.98 Å². The normalized spacial score (nSPS) is 21.0. The summed E-state index contributed by atoms with van der Waals surface area (Å²) in [5, 5.41) is 12.9. The number of nitrogens with one attached hydrogen (secondary N) is 1. The van der Waals surface area contributed by atoms with Gasteiger partial charge in [-0.1, -0.05) is 0 Å². The van der Waals surface area contributed by atoms with E-state index in [1.807, 2.05) is 6.07 Å². The third-order valence-electron chi connectivity index (χ3n) is 4.24. The molecule has 0 spiro atoms. The topological polar surface area (TPSA) is 73.8 Å². The molecule has 0 atom stereocenters. The van der Waals surface area contributed by atoms with E-state index < -0.39 is 0 Å². The third kappa shape index (κ3) is 4.28. The van der Waals surface area contributed by atoms with Crippen molar-refractivity contribution in [3.63, 3.8) is 0 Å². The summed E-state index contributed by atoms with van der Waals surface area (Å²) in [4.78, 5) is 13.5. The lowest BCUT2D eigenvalue weighted by Crippen LogP contribution is -2.39. The molecule has 2 saturated heterocycles. The van der Waals surface area contributed by atoms with Crippen molar-refractivity contribution in [2.45, 2.75) is 18.9 Å². The molecule has 2 aliphatic rings. The van der Waals surface area contributed by atoms with E-state index in [2.05, 4.69) is 25.1 Å². The van der Waals surface area contributed by atoms with Gasteiger partial charge in [-0.05, 0) is 18.9 Å². The first-order valence-corrected chi connectivity index (χ1v) is 8.11. The van der Waals surface area contributed by atoms with Gasteiger partial charge >= 0.3 is 0 Å². The fourth-order valence-corrected chi connectivity index (χ4v) is 2.86. The molecule has 0 saturated carbocycles. The van der Waals surface area contributed by atoms with Gasteiger partial charge in [0.25, 0.3) is 0 Å². The number of morpholine rings is 1. The van der Waals surface area contributed by atoms with Gasteiger partial charge in [0.15, 0.2) is 0 Å². The molecule has 7 nitrogen and oxygen atoms in total. The number of nitrogens with zero attached hydrogens (tertiary/aromatic N) is 4. The minimum Gasteiger partial charge on any atom is -0.393 e. The van der Waals surface area contributed by atoms with E-state index in [1.54, 1.807) is 6.20 Å². The summed E-state index contributed by atoms with van der Waals surface area (Å²) in [6.07, 6.45) is 3.25. The van der Waals surface area contributed by atoms with Crippen molar-refractivity contribution in [3.8, 4) is 0 Å². The van der Waals surface area contributed by atoms with Crippen LogP contribution >= 0.6 is 0 Å². The maximum Gasteiger partial charge on any atom is 0.224 e. The molecule has 2 N–H and O–H groups in total. The summed E-state index contributed by atoms with van der Waals surface area (Å²) in [5.74, 6) is 1.62. The van der Waals surface area contributed by atoms with Crippen molar-refractivity contribution < 1.29 is 9.84 Å². The van der Waals surface area contributed by atoms with Gasteiger partial charge in [-0.15, -0.1) is 0 Å². The van der Waals surface area contributed by atoms with E-state index in [0.29, 0.717) is 5.95 Å². The second-order valence-electron chi connectivity index (χ2n) is 5.84. The van der Waals surface area contributed by atoms with E-state index >= 15 is 0 Å². The molecule has 122 valence electrons. The predicted molar refractivity (Wildman–Crippen MR) is 85.2 cm³/mol. The van der Waals surface area contributed by atoms with Gasteiger partial charge in [0.2, 0.25) is 5.95 Å². The smallest absolute Gasteiger partial charge is 0.224 e. The first-order valence-electron chi connectivity index (χ1n) is 8.11. The minimum atomic E-state index is -0.163. The first-order chi connectivity index (χ1) is 10.8. The van der Waals surface area contributed by atoms with Crippen molar-refractivity contribution in [2.24, 2.45) is 0 Å². The summed E-state index contributed by atoms with van der Waals surface area (Å²) in [6.45, 7) is 7.17. The van der Waals surface area contributed by atoms with Gasteiger partial charge in [-0.25, -0.2) is 4.98 Å². The van der Waals surface area contributed by atoms with Gasteiger partial charge < -0.3 is 20.1 Å². The Kier molecular flexibility index (Phi) is 5.42. The Labute approximate surface area is 131 Å². The average Bonchev–Trinajstić information content (AvgIpc) is 2.57. The summed E-state index contributed by atoms with van der Waals surface area (Å²) in [5.41, 5.74) is 0. The van der Waals surface area contributed by atoms with Crippen LogP contribution in [0.4, 0.5) is 11.8 Å². The van der Waals surface area contributed by atoms with Crippen LogP contribution < -0.4 is 10.2 Å². The molecule has 0 unspecified atom stereocenters. The largest absolute Gasteiger partial charge is 0.393 e. The molecule has 1 aromatic rings. The summed E-state index contributed by atoms with van der Waals surface area (Å²) in [7, 11) is 0. The maximum absolute atomic E-state index is 9.58. The molecule has 0 radical (unpaired) electrons. The van der Waals surface area contributed by atoms with Crippen LogP contribution in [0.1, 0.15) is 12.8 Å². The molecule has 0 bridgehead atoms. The Morgan fingerprint density at radius 1 is 1.23 bits per heavy atom. The quantitative estimate of drug-likeness (QED) is 0.804. The van der Waals surface area contributed by atoms with Crippen molar-refractivity contribution in [1.82, 2.24) is 14.9 Å². The van der Waals surface area contributed by atoms with Crippen molar-refractivity contribution in [2.75, 3.05) is 62.7 Å². The molecule has 22 heavy (non-hydrogen) atoms. The monoisotopic (exact) mass is 307 g/mol. The van der Waals surface area contributed by atoms with E-state index in [9.17, 15) is 5.11 Å². The summed E-state index contributed by atoms with van der Waals surface area (Å²) >= 11 is 0. The standard InChI is InChI=1S/C15H25N5O2/c21-13-2-6-20(7-3-13)14-1-4-16-15(18-14)17-5-8-19-9-11-22-12-10-19/h1,4,13,21H,2-3,5-12H2,(H,16,17,18). The second kappa shape index (κ2) is 7.71. The Bertz CT molecular complexity index is 459. The number of aromatic nitrogens is 2. The second-order valence-corrected chi connectivity index (χ2v) is 5.84. The van der Waals surface area contributed by atoms with Crippen LogP contribution in [-0.2, 0) is 4.74 Å². The van der Waals surface area contributed by atoms with Crippen molar-refractivity contribution in [1.29, 1.82) is 0 Å². The van der Waals surface area contributed by atoms with Gasteiger partial charge in [-0.3, -0.25) is 4.90 Å². The highest BCUT2D eigenvalue weighted by atomic mass is 16.5. The van der Waals surface area contributed by atoms with Gasteiger partial charge in [0.1, 0.15) is 5.82 Å². The lowest BCUT2D eigenvalue weighted by Gasteiger charge is -2.30. The lowest BCUT2D eigenvalue weighted by molar-refractivity contribution is 0.0398. The molecule has 3 heterocycles. The fraction of sp³-hybridized carbons (Fsp3) is 0.733. The molecule has 1 aromatic heterocycles. The molecule has 7 heteroatoms. The SMILES string of the molecule is OC1CCN(c2ccnc(NCCN3CCOCC3)n2)CC1. The number of ether oxygens (including phenoxy) is 1. The molecule has 0 amide bonds. The minimum absolute atomic E-state index is 0.163. The zero-order valence-electron chi connectivity index (χ0n) is 12.9. The van der Waals surface area contributed by atoms with Crippen LogP contribution in [0.2, 0.25) is 0 Å². The van der Waals surface area contributed by atoms with E-state index in [0.717, 1.165) is 71.1 Å². The Balaban J connectivity index is 1.48. The number of hydrogen-bond acceptors (Lipinski definition) is 7. The molecule has 2 fully saturated rings. The van der Waals surface area contributed by atoms with Crippen molar-refractivity contribution in [3.05, 3.63) is 12.3 Å². The first kappa shape index (κ1) is 15.5. The van der Waals surface area contributed by atoms with E-state index in [4.69, 9.17) is 4.74 Å². The number of aliphatic hydroxyl groups excluding tert-OH is 1. The van der Waals surface area contributed by atoms with E-state index in [-0.39, 0.29) is 6.10 Å². The number of anilines is 2. The van der Waals surface area contributed by atoms with Gasteiger partial charge in [0, 0.05) is 45.5 Å². The highest BCUT2D eigenvalue weighted by molar-refractivity contribution is 5.42. The molecule has 0 aromatic carbocycles. The van der Waals surface area contributed by atoms with Crippen LogP contribution in [-0.4, -0.2) is 78.6 Å². The Morgan fingerprint density at radius 3 is 2.77 bits per heavy atom. The van der Waals surface area contributed by atoms with Gasteiger partial charge in [0.05, 0.1) is 19.3 Å². The molecular weight excluding hydrogens is 282 g/mol. The molecule has 2 aliphatic heterocycles. The highest BCUT2D eigenvalue weighted by Gasteiger charge is 2.18. The predicted octanol–water partition coefficient (Wildman–Crippen LogP) is 0.182. The Morgan fingerprint density at radius 2 is 2.00 bits per heavy atom. The van der Waals surface area contributed by atoms with Crippen LogP contribution in [0, 0.1) is 0 Å². The zero-order chi connectivity index (χ0) is 15.2. The molecule has 3 rings (SSSR count). The fourth-order valence-electron chi connectivity index (χ4n) is 2.86. The van der Waals surface area contributed by atoms with E-state index in [1.165, 1.54) is 0 Å². The van der Waals surface area contributed by atoms with Crippen LogP contribution in [0.25, 0.3) is 0 Å². The molecular formula is C15H25N5O2. The molecule has 0 aliphatic carbocycles. The summed E-state index contributed by atoms with van der Waals surface area (Å²) < 4.78 is 5.34. The highest BCUT2D eigenvalue weighted by Crippen LogP contribution is 2.18. The average molecular weight is 307 g/mol. The number of aliphatic hydroxyl groups is 1. The zero-order valence-corrected chi connectivity index (χ0v) is 12.9. The Hall–Kier alpha value is -1.44. The maximum atomic E-state index is 9.58. The van der Waals surface area contributed by atoms with Crippen molar-refractivity contribution >= 4 is 11.8 Å². The van der Waals surface area contributed by atoms with Crippen LogP contribution in [0.15, 0.2) is 12.3 Å². The summed E-state index contributed by atoms with van der Waals surface area (Å²) in [6, 6.07) is 1.94. The third-order valence-corrected chi connectivity index (χ3v) is 4.24. The number of hydrogen-bond donors (Lipinski definition) is 2. The number of rotatable bonds is 5. The number of piperidine rings is 1. The lowest BCUT2D eigenvalue weighted by atomic mass is 10.1. The van der Waals surface area contributed by atoms with Crippen LogP contribution in [0.3, 0.4) is 0 Å².